The molecule has 19 heavy (non-hydrogen) atoms. The molecule has 2 unspecified atom stereocenters. The molecule has 0 aliphatic heterocycles. The van der Waals surface area contributed by atoms with Gasteiger partial charge in [0.2, 0.25) is 0 Å². The van der Waals surface area contributed by atoms with Crippen molar-refractivity contribution in [2.45, 2.75) is 19.9 Å². The van der Waals surface area contributed by atoms with Crippen molar-refractivity contribution >= 4 is 0 Å². The maximum atomic E-state index is 9.01. The average molecular weight is 259 g/mol. The Morgan fingerprint density at radius 2 is 1.84 bits per heavy atom. The summed E-state index contributed by atoms with van der Waals surface area (Å²) >= 11 is 0. The molecular formula is C16H21NO2. The summed E-state index contributed by atoms with van der Waals surface area (Å²) in [6.07, 6.45) is 0. The third-order valence-corrected chi connectivity index (χ3v) is 3.20. The van der Waals surface area contributed by atoms with Gasteiger partial charge in [-0.05, 0) is 25.0 Å². The second-order valence-electron chi connectivity index (χ2n) is 4.99. The zero-order valence-corrected chi connectivity index (χ0v) is 11.5. The molecule has 0 bridgehead atoms. The van der Waals surface area contributed by atoms with E-state index in [1.54, 1.807) is 0 Å². The van der Waals surface area contributed by atoms with Crippen molar-refractivity contribution < 1.29 is 9.52 Å². The highest BCUT2D eigenvalue weighted by atomic mass is 16.3. The van der Waals surface area contributed by atoms with Gasteiger partial charge in [-0.25, -0.2) is 0 Å². The lowest BCUT2D eigenvalue weighted by Gasteiger charge is -2.14. The topological polar surface area (TPSA) is 45.4 Å². The molecule has 3 heteroatoms. The number of aliphatic hydroxyl groups excluding tert-OH is 1. The van der Waals surface area contributed by atoms with Gasteiger partial charge in [-0.1, -0.05) is 37.3 Å². The van der Waals surface area contributed by atoms with E-state index in [-0.39, 0.29) is 18.6 Å². The van der Waals surface area contributed by atoms with Crippen LogP contribution in [-0.2, 0) is 0 Å². The zero-order valence-electron chi connectivity index (χ0n) is 11.5. The van der Waals surface area contributed by atoms with Gasteiger partial charge >= 0.3 is 0 Å². The van der Waals surface area contributed by atoms with E-state index in [2.05, 4.69) is 12.2 Å². The fourth-order valence-corrected chi connectivity index (χ4v) is 1.89. The molecule has 0 aliphatic rings. The summed E-state index contributed by atoms with van der Waals surface area (Å²) in [5, 5.41) is 12.4. The van der Waals surface area contributed by atoms with Crippen LogP contribution in [0.25, 0.3) is 11.3 Å². The summed E-state index contributed by atoms with van der Waals surface area (Å²) < 4.78 is 5.87. The van der Waals surface area contributed by atoms with Gasteiger partial charge < -0.3 is 14.8 Å². The smallest absolute Gasteiger partial charge is 0.134 e. The molecule has 2 aromatic rings. The highest BCUT2D eigenvalue weighted by Crippen LogP contribution is 2.25. The van der Waals surface area contributed by atoms with E-state index in [0.717, 1.165) is 23.6 Å². The normalized spacial score (nSPS) is 14.3. The molecule has 1 aromatic carbocycles. The minimum atomic E-state index is 0.145. The van der Waals surface area contributed by atoms with Crippen LogP contribution in [0.4, 0.5) is 0 Å². The van der Waals surface area contributed by atoms with E-state index in [4.69, 9.17) is 9.52 Å². The first kappa shape index (κ1) is 13.8. The Kier molecular flexibility index (Phi) is 4.77. The molecule has 0 saturated carbocycles. The van der Waals surface area contributed by atoms with Crippen molar-refractivity contribution in [2.75, 3.05) is 13.2 Å². The van der Waals surface area contributed by atoms with Gasteiger partial charge in [0.15, 0.2) is 0 Å². The molecule has 1 heterocycles. The molecule has 0 fully saturated rings. The predicted octanol–water partition coefficient (Wildman–Crippen LogP) is 3.23. The van der Waals surface area contributed by atoms with Crippen LogP contribution in [0.1, 0.15) is 25.6 Å². The fourth-order valence-electron chi connectivity index (χ4n) is 1.89. The molecule has 102 valence electrons. The van der Waals surface area contributed by atoms with Crippen LogP contribution in [0.5, 0.6) is 0 Å². The maximum Gasteiger partial charge on any atom is 0.134 e. The minimum absolute atomic E-state index is 0.145. The second-order valence-corrected chi connectivity index (χ2v) is 4.99. The Balaban J connectivity index is 2.01. The molecule has 0 amide bonds. The molecule has 2 rings (SSSR count). The highest BCUT2D eigenvalue weighted by Gasteiger charge is 2.12. The minimum Gasteiger partial charge on any atom is -0.459 e. The van der Waals surface area contributed by atoms with Gasteiger partial charge in [-0.3, -0.25) is 0 Å². The summed E-state index contributed by atoms with van der Waals surface area (Å²) in [6, 6.07) is 14.2. The van der Waals surface area contributed by atoms with E-state index < -0.39 is 0 Å². The number of hydrogen-bond donors (Lipinski definition) is 2. The quantitative estimate of drug-likeness (QED) is 0.837. The Hall–Kier alpha value is -1.58. The van der Waals surface area contributed by atoms with Crippen LogP contribution < -0.4 is 5.32 Å². The first-order chi connectivity index (χ1) is 9.20. The van der Waals surface area contributed by atoms with Gasteiger partial charge in [0.25, 0.3) is 0 Å². The summed E-state index contributed by atoms with van der Waals surface area (Å²) in [5.41, 5.74) is 1.09. The van der Waals surface area contributed by atoms with E-state index >= 15 is 0 Å². The summed E-state index contributed by atoms with van der Waals surface area (Å²) in [6.45, 7) is 5.06. The third kappa shape index (κ3) is 3.69. The van der Waals surface area contributed by atoms with Crippen LogP contribution in [-0.4, -0.2) is 18.3 Å². The van der Waals surface area contributed by atoms with Crippen molar-refractivity contribution in [3.05, 3.63) is 48.2 Å². The Morgan fingerprint density at radius 1 is 1.11 bits per heavy atom. The largest absolute Gasteiger partial charge is 0.459 e. The van der Waals surface area contributed by atoms with Crippen LogP contribution >= 0.6 is 0 Å². The van der Waals surface area contributed by atoms with Gasteiger partial charge in [0, 0.05) is 18.7 Å². The monoisotopic (exact) mass is 259 g/mol. The predicted molar refractivity (Wildman–Crippen MR) is 76.8 cm³/mol. The van der Waals surface area contributed by atoms with Crippen LogP contribution in [0.15, 0.2) is 46.9 Å². The lowest BCUT2D eigenvalue weighted by Crippen LogP contribution is -2.25. The van der Waals surface area contributed by atoms with Crippen LogP contribution in [0.3, 0.4) is 0 Å². The molecule has 0 spiro atoms. The van der Waals surface area contributed by atoms with Gasteiger partial charge in [0.1, 0.15) is 11.5 Å². The van der Waals surface area contributed by atoms with E-state index in [1.807, 2.05) is 49.4 Å². The van der Waals surface area contributed by atoms with Crippen molar-refractivity contribution in [2.24, 2.45) is 5.92 Å². The van der Waals surface area contributed by atoms with Crippen molar-refractivity contribution in [3.63, 3.8) is 0 Å². The molecule has 0 aliphatic carbocycles. The molecular weight excluding hydrogens is 238 g/mol. The first-order valence-electron chi connectivity index (χ1n) is 6.70. The molecule has 0 saturated heterocycles. The van der Waals surface area contributed by atoms with E-state index in [9.17, 15) is 0 Å². The van der Waals surface area contributed by atoms with Crippen molar-refractivity contribution in [3.8, 4) is 11.3 Å². The SMILES string of the molecule is CC(CO)CNC(C)c1ccc(-c2ccccc2)o1. The number of aliphatic hydroxyl groups is 1. The van der Waals surface area contributed by atoms with E-state index in [1.165, 1.54) is 0 Å². The Labute approximate surface area is 114 Å². The number of hydrogen-bond acceptors (Lipinski definition) is 3. The number of nitrogens with one attached hydrogen (secondary N) is 1. The summed E-state index contributed by atoms with van der Waals surface area (Å²) in [5.74, 6) is 2.06. The molecule has 0 radical (unpaired) electrons. The Morgan fingerprint density at radius 3 is 2.53 bits per heavy atom. The lowest BCUT2D eigenvalue weighted by atomic mass is 10.1. The van der Waals surface area contributed by atoms with Gasteiger partial charge in [-0.2, -0.15) is 0 Å². The fraction of sp³-hybridized carbons (Fsp3) is 0.375. The average Bonchev–Trinajstić information content (AvgIpc) is 2.95. The summed E-state index contributed by atoms with van der Waals surface area (Å²) in [4.78, 5) is 0. The lowest BCUT2D eigenvalue weighted by molar-refractivity contribution is 0.229. The third-order valence-electron chi connectivity index (χ3n) is 3.20. The van der Waals surface area contributed by atoms with E-state index in [0.29, 0.717) is 0 Å². The highest BCUT2D eigenvalue weighted by molar-refractivity contribution is 5.57. The van der Waals surface area contributed by atoms with Crippen molar-refractivity contribution in [1.82, 2.24) is 5.32 Å². The Bertz CT molecular complexity index is 492. The molecule has 2 atom stereocenters. The number of furan rings is 1. The zero-order chi connectivity index (χ0) is 13.7. The number of rotatable bonds is 6. The molecule has 1 aromatic heterocycles. The first-order valence-corrected chi connectivity index (χ1v) is 6.70. The molecule has 2 N–H and O–H groups in total. The van der Waals surface area contributed by atoms with Gasteiger partial charge in [-0.15, -0.1) is 0 Å². The standard InChI is InChI=1S/C16H21NO2/c1-12(11-18)10-17-13(2)15-8-9-16(19-15)14-6-4-3-5-7-14/h3-9,12-13,17-18H,10-11H2,1-2H3. The maximum absolute atomic E-state index is 9.01. The van der Waals surface area contributed by atoms with Gasteiger partial charge in [0.05, 0.1) is 6.04 Å². The summed E-state index contributed by atoms with van der Waals surface area (Å²) in [7, 11) is 0. The van der Waals surface area contributed by atoms with Crippen LogP contribution in [0, 0.1) is 5.92 Å². The molecule has 3 nitrogen and oxygen atoms in total. The second kappa shape index (κ2) is 6.55. The van der Waals surface area contributed by atoms with Crippen LogP contribution in [0.2, 0.25) is 0 Å². The number of benzene rings is 1. The van der Waals surface area contributed by atoms with Crippen molar-refractivity contribution in [1.29, 1.82) is 0 Å².